The molecule has 0 saturated carbocycles. The molecule has 0 fully saturated rings. The van der Waals surface area contributed by atoms with E-state index in [1.165, 1.54) is 5.56 Å². The minimum atomic E-state index is -0.640. The van der Waals surface area contributed by atoms with Crippen LogP contribution in [0, 0.1) is 0 Å². The second kappa shape index (κ2) is 6.16. The lowest BCUT2D eigenvalue weighted by Gasteiger charge is -2.07. The Morgan fingerprint density at radius 1 is 1.25 bits per heavy atom. The number of hydrogen-bond donors (Lipinski definition) is 0. The highest BCUT2D eigenvalue weighted by Gasteiger charge is 2.05. The minimum Gasteiger partial charge on any atom is -0.434 e. The van der Waals surface area contributed by atoms with Crippen molar-refractivity contribution in [2.24, 2.45) is 0 Å². The smallest absolute Gasteiger partial charge is 0.434 e. The van der Waals surface area contributed by atoms with Crippen molar-refractivity contribution >= 4 is 6.16 Å². The first-order valence-electron chi connectivity index (χ1n) is 5.58. The largest absolute Gasteiger partial charge is 0.513 e. The molecule has 0 saturated heterocycles. The molecule has 88 valence electrons. The van der Waals surface area contributed by atoms with Gasteiger partial charge in [0.05, 0.1) is 6.61 Å². The van der Waals surface area contributed by atoms with Gasteiger partial charge in [0.25, 0.3) is 0 Å². The van der Waals surface area contributed by atoms with Crippen molar-refractivity contribution in [2.75, 3.05) is 6.61 Å². The number of carbonyl (C=O) groups is 1. The monoisotopic (exact) mass is 222 g/mol. The summed E-state index contributed by atoms with van der Waals surface area (Å²) < 4.78 is 9.80. The van der Waals surface area contributed by atoms with Gasteiger partial charge in [-0.15, -0.1) is 0 Å². The predicted octanol–water partition coefficient (Wildman–Crippen LogP) is 3.74. The first-order chi connectivity index (χ1) is 7.63. The Morgan fingerprint density at radius 3 is 2.38 bits per heavy atom. The Bertz CT molecular complexity index is 328. The SMILES string of the molecule is CCCOC(=O)Oc1ccc(C(C)C)cc1. The van der Waals surface area contributed by atoms with Crippen molar-refractivity contribution in [1.82, 2.24) is 0 Å². The molecule has 3 nitrogen and oxygen atoms in total. The maximum absolute atomic E-state index is 11.1. The van der Waals surface area contributed by atoms with Crippen molar-refractivity contribution in [1.29, 1.82) is 0 Å². The van der Waals surface area contributed by atoms with Gasteiger partial charge in [-0.1, -0.05) is 32.9 Å². The molecule has 0 aliphatic heterocycles. The van der Waals surface area contributed by atoms with E-state index >= 15 is 0 Å². The van der Waals surface area contributed by atoms with E-state index in [0.29, 0.717) is 18.3 Å². The fourth-order valence-electron chi connectivity index (χ4n) is 1.23. The van der Waals surface area contributed by atoms with Crippen molar-refractivity contribution in [3.8, 4) is 5.75 Å². The van der Waals surface area contributed by atoms with Gasteiger partial charge >= 0.3 is 6.16 Å². The van der Waals surface area contributed by atoms with Crippen LogP contribution in [0.5, 0.6) is 5.75 Å². The quantitative estimate of drug-likeness (QED) is 0.575. The second-order valence-corrected chi connectivity index (χ2v) is 3.92. The molecule has 1 rings (SSSR count). The van der Waals surface area contributed by atoms with Gasteiger partial charge in [0.15, 0.2) is 0 Å². The topological polar surface area (TPSA) is 35.5 Å². The van der Waals surface area contributed by atoms with E-state index in [2.05, 4.69) is 13.8 Å². The van der Waals surface area contributed by atoms with E-state index in [1.807, 2.05) is 19.1 Å². The number of benzene rings is 1. The van der Waals surface area contributed by atoms with Gasteiger partial charge in [-0.25, -0.2) is 4.79 Å². The Kier molecular flexibility index (Phi) is 4.83. The van der Waals surface area contributed by atoms with Crippen LogP contribution in [-0.2, 0) is 4.74 Å². The van der Waals surface area contributed by atoms with Crippen LogP contribution in [0.3, 0.4) is 0 Å². The first-order valence-corrected chi connectivity index (χ1v) is 5.58. The van der Waals surface area contributed by atoms with Gasteiger partial charge in [0.1, 0.15) is 5.75 Å². The van der Waals surface area contributed by atoms with Crippen molar-refractivity contribution in [2.45, 2.75) is 33.1 Å². The summed E-state index contributed by atoms with van der Waals surface area (Å²) in [7, 11) is 0. The molecule has 0 heterocycles. The van der Waals surface area contributed by atoms with Crippen LogP contribution in [0.1, 0.15) is 38.7 Å². The van der Waals surface area contributed by atoms with Crippen molar-refractivity contribution in [3.63, 3.8) is 0 Å². The van der Waals surface area contributed by atoms with Crippen LogP contribution in [0.2, 0.25) is 0 Å². The number of hydrogen-bond acceptors (Lipinski definition) is 3. The standard InChI is InChI=1S/C13H18O3/c1-4-9-15-13(14)16-12-7-5-11(6-8-12)10(2)3/h5-8,10H,4,9H2,1-3H3. The Labute approximate surface area is 96.4 Å². The van der Waals surface area contributed by atoms with Gasteiger partial charge in [0, 0.05) is 0 Å². The van der Waals surface area contributed by atoms with Crippen molar-refractivity contribution in [3.05, 3.63) is 29.8 Å². The first kappa shape index (κ1) is 12.6. The number of ether oxygens (including phenoxy) is 2. The molecular weight excluding hydrogens is 204 g/mol. The Hall–Kier alpha value is -1.51. The molecule has 0 radical (unpaired) electrons. The normalized spacial score (nSPS) is 10.2. The fourth-order valence-corrected chi connectivity index (χ4v) is 1.23. The van der Waals surface area contributed by atoms with Crippen LogP contribution < -0.4 is 4.74 Å². The minimum absolute atomic E-state index is 0.392. The summed E-state index contributed by atoms with van der Waals surface area (Å²) in [5.74, 6) is 0.992. The lowest BCUT2D eigenvalue weighted by atomic mass is 10.0. The molecule has 0 aliphatic carbocycles. The molecule has 0 aliphatic rings. The average Bonchev–Trinajstić information content (AvgIpc) is 2.27. The second-order valence-electron chi connectivity index (χ2n) is 3.92. The Morgan fingerprint density at radius 2 is 1.88 bits per heavy atom. The van der Waals surface area contributed by atoms with Crippen molar-refractivity contribution < 1.29 is 14.3 Å². The molecule has 1 aromatic rings. The molecule has 0 amide bonds. The van der Waals surface area contributed by atoms with E-state index in [-0.39, 0.29) is 0 Å². The summed E-state index contributed by atoms with van der Waals surface area (Å²) in [5.41, 5.74) is 1.22. The maximum Gasteiger partial charge on any atom is 0.513 e. The lowest BCUT2D eigenvalue weighted by molar-refractivity contribution is 0.0991. The molecule has 16 heavy (non-hydrogen) atoms. The molecule has 0 spiro atoms. The molecule has 0 aromatic heterocycles. The van der Waals surface area contributed by atoms with Gasteiger partial charge in [0.2, 0.25) is 0 Å². The summed E-state index contributed by atoms with van der Waals surface area (Å²) in [6.07, 6.45) is 0.153. The van der Waals surface area contributed by atoms with E-state index in [9.17, 15) is 4.79 Å². The van der Waals surface area contributed by atoms with E-state index in [4.69, 9.17) is 9.47 Å². The molecule has 0 unspecified atom stereocenters. The average molecular weight is 222 g/mol. The van der Waals surface area contributed by atoms with Gasteiger partial charge in [-0.05, 0) is 30.0 Å². The Balaban J connectivity index is 2.51. The summed E-state index contributed by atoms with van der Waals surface area (Å²) in [5, 5.41) is 0. The van der Waals surface area contributed by atoms with Gasteiger partial charge in [-0.3, -0.25) is 0 Å². The van der Waals surface area contributed by atoms with E-state index in [0.717, 1.165) is 6.42 Å². The third kappa shape index (κ3) is 3.93. The fraction of sp³-hybridized carbons (Fsp3) is 0.462. The molecule has 0 atom stereocenters. The molecule has 0 N–H and O–H groups in total. The van der Waals surface area contributed by atoms with Crippen LogP contribution in [0.4, 0.5) is 4.79 Å². The highest BCUT2D eigenvalue weighted by Crippen LogP contribution is 2.18. The third-order valence-corrected chi connectivity index (χ3v) is 2.17. The van der Waals surface area contributed by atoms with Crippen LogP contribution in [0.15, 0.2) is 24.3 Å². The molecule has 1 aromatic carbocycles. The summed E-state index contributed by atoms with van der Waals surface area (Å²) in [6, 6.07) is 7.46. The zero-order valence-corrected chi connectivity index (χ0v) is 10.0. The zero-order chi connectivity index (χ0) is 12.0. The summed E-state index contributed by atoms with van der Waals surface area (Å²) in [6.45, 7) is 6.56. The lowest BCUT2D eigenvalue weighted by Crippen LogP contribution is -2.10. The predicted molar refractivity (Wildman–Crippen MR) is 62.8 cm³/mol. The summed E-state index contributed by atoms with van der Waals surface area (Å²) in [4.78, 5) is 11.1. The van der Waals surface area contributed by atoms with Crippen LogP contribution in [0.25, 0.3) is 0 Å². The zero-order valence-electron chi connectivity index (χ0n) is 10.0. The molecule has 0 bridgehead atoms. The molecule has 3 heteroatoms. The van der Waals surface area contributed by atoms with E-state index < -0.39 is 6.16 Å². The highest BCUT2D eigenvalue weighted by molar-refractivity contribution is 5.63. The van der Waals surface area contributed by atoms with Gasteiger partial charge in [-0.2, -0.15) is 0 Å². The maximum atomic E-state index is 11.1. The number of rotatable bonds is 4. The molecular formula is C13H18O3. The van der Waals surface area contributed by atoms with Crippen LogP contribution in [-0.4, -0.2) is 12.8 Å². The third-order valence-electron chi connectivity index (χ3n) is 2.17. The van der Waals surface area contributed by atoms with E-state index in [1.54, 1.807) is 12.1 Å². The summed E-state index contributed by atoms with van der Waals surface area (Å²) >= 11 is 0. The highest BCUT2D eigenvalue weighted by atomic mass is 16.7. The van der Waals surface area contributed by atoms with Gasteiger partial charge < -0.3 is 9.47 Å². The number of carbonyl (C=O) groups excluding carboxylic acids is 1. The van der Waals surface area contributed by atoms with Crippen LogP contribution >= 0.6 is 0 Å².